The number of benzene rings is 1. The molecule has 1 N–H and O–H groups in total. The second kappa shape index (κ2) is 5.37. The number of para-hydroxylation sites is 2. The molecule has 1 atom stereocenters. The van der Waals surface area contributed by atoms with Crippen molar-refractivity contribution in [2.45, 2.75) is 31.4 Å². The van der Waals surface area contributed by atoms with Gasteiger partial charge in [0.05, 0.1) is 0 Å². The Morgan fingerprint density at radius 2 is 2.05 bits per heavy atom. The van der Waals surface area contributed by atoms with Gasteiger partial charge in [0.2, 0.25) is 11.7 Å². The average Bonchev–Trinajstić information content (AvgIpc) is 3.23. The maximum absolute atomic E-state index is 5.86. The average molecular weight is 287 g/mol. The van der Waals surface area contributed by atoms with Gasteiger partial charge >= 0.3 is 0 Å². The third-order valence-electron chi connectivity index (χ3n) is 3.63. The van der Waals surface area contributed by atoms with Crippen molar-refractivity contribution < 1.29 is 14.0 Å². The number of fused-ring (bicyclic) bond motifs is 1. The third kappa shape index (κ3) is 2.85. The van der Waals surface area contributed by atoms with Crippen LogP contribution >= 0.6 is 0 Å². The Morgan fingerprint density at radius 1 is 1.19 bits per heavy atom. The Kier molecular flexibility index (Phi) is 3.23. The minimum atomic E-state index is -0.311. The summed E-state index contributed by atoms with van der Waals surface area (Å²) in [5, 5.41) is 7.43. The SMILES string of the molecule is c1ccc2c(c1)OCC(c1noc(CCNC3CC3)n1)O2. The van der Waals surface area contributed by atoms with Gasteiger partial charge in [0.1, 0.15) is 6.61 Å². The Balaban J connectivity index is 1.39. The monoisotopic (exact) mass is 287 g/mol. The van der Waals surface area contributed by atoms with Crippen LogP contribution in [0.25, 0.3) is 0 Å². The molecule has 6 nitrogen and oxygen atoms in total. The molecule has 6 heteroatoms. The summed E-state index contributed by atoms with van der Waals surface area (Å²) in [6.45, 7) is 1.27. The standard InChI is InChI=1S/C15H17N3O3/c1-2-4-12-11(3-1)19-9-13(20-12)15-17-14(21-18-15)7-8-16-10-5-6-10/h1-4,10,13,16H,5-9H2. The number of hydrogen-bond donors (Lipinski definition) is 1. The van der Waals surface area contributed by atoms with Crippen molar-refractivity contribution >= 4 is 0 Å². The molecule has 1 fully saturated rings. The second-order valence-corrected chi connectivity index (χ2v) is 5.39. The Hall–Kier alpha value is -2.08. The summed E-state index contributed by atoms with van der Waals surface area (Å²) < 4.78 is 16.8. The Labute approximate surface area is 122 Å². The fourth-order valence-corrected chi connectivity index (χ4v) is 2.32. The number of nitrogens with one attached hydrogen (secondary N) is 1. The molecule has 2 heterocycles. The van der Waals surface area contributed by atoms with Crippen molar-refractivity contribution in [2.75, 3.05) is 13.2 Å². The van der Waals surface area contributed by atoms with Gasteiger partial charge in [0.25, 0.3) is 0 Å². The van der Waals surface area contributed by atoms with Crippen LogP contribution in [0, 0.1) is 0 Å². The summed E-state index contributed by atoms with van der Waals surface area (Å²) >= 11 is 0. The lowest BCUT2D eigenvalue weighted by atomic mass is 10.2. The van der Waals surface area contributed by atoms with Crippen LogP contribution in [0.4, 0.5) is 0 Å². The van der Waals surface area contributed by atoms with Crippen LogP contribution in [0.5, 0.6) is 11.5 Å². The smallest absolute Gasteiger partial charge is 0.228 e. The first-order chi connectivity index (χ1) is 10.4. The lowest BCUT2D eigenvalue weighted by Crippen LogP contribution is -2.22. The van der Waals surface area contributed by atoms with Gasteiger partial charge in [-0.1, -0.05) is 17.3 Å². The highest BCUT2D eigenvalue weighted by Crippen LogP contribution is 2.35. The van der Waals surface area contributed by atoms with E-state index in [1.807, 2.05) is 24.3 Å². The van der Waals surface area contributed by atoms with Crippen LogP contribution in [0.15, 0.2) is 28.8 Å². The molecule has 1 aromatic heterocycles. The molecular weight excluding hydrogens is 270 g/mol. The van der Waals surface area contributed by atoms with Gasteiger partial charge in [-0.25, -0.2) is 0 Å². The van der Waals surface area contributed by atoms with Crippen LogP contribution in [-0.2, 0) is 6.42 Å². The first kappa shape index (κ1) is 12.6. The summed E-state index contributed by atoms with van der Waals surface area (Å²) in [4.78, 5) is 4.40. The van der Waals surface area contributed by atoms with E-state index in [0.717, 1.165) is 24.5 Å². The summed E-state index contributed by atoms with van der Waals surface area (Å²) in [7, 11) is 0. The van der Waals surface area contributed by atoms with E-state index in [9.17, 15) is 0 Å². The molecule has 1 saturated carbocycles. The second-order valence-electron chi connectivity index (χ2n) is 5.39. The number of aromatic nitrogens is 2. The molecule has 0 radical (unpaired) electrons. The van der Waals surface area contributed by atoms with E-state index >= 15 is 0 Å². The molecule has 1 unspecified atom stereocenters. The lowest BCUT2D eigenvalue weighted by molar-refractivity contribution is 0.0832. The van der Waals surface area contributed by atoms with Crippen LogP contribution < -0.4 is 14.8 Å². The third-order valence-corrected chi connectivity index (χ3v) is 3.63. The molecule has 2 aromatic rings. The van der Waals surface area contributed by atoms with E-state index in [0.29, 0.717) is 24.4 Å². The largest absolute Gasteiger partial charge is 0.485 e. The van der Waals surface area contributed by atoms with Crippen molar-refractivity contribution in [1.29, 1.82) is 0 Å². The van der Waals surface area contributed by atoms with E-state index in [4.69, 9.17) is 14.0 Å². The first-order valence-corrected chi connectivity index (χ1v) is 7.33. The van der Waals surface area contributed by atoms with Crippen LogP contribution in [-0.4, -0.2) is 29.3 Å². The topological polar surface area (TPSA) is 69.4 Å². The minimum absolute atomic E-state index is 0.311. The number of hydrogen-bond acceptors (Lipinski definition) is 6. The molecule has 0 saturated heterocycles. The molecule has 0 bridgehead atoms. The van der Waals surface area contributed by atoms with Crippen LogP contribution in [0.3, 0.4) is 0 Å². The summed E-state index contributed by atoms with van der Waals surface area (Å²) in [5.74, 6) is 2.66. The lowest BCUT2D eigenvalue weighted by Gasteiger charge is -2.24. The van der Waals surface area contributed by atoms with Gasteiger partial charge in [0.15, 0.2) is 17.6 Å². The van der Waals surface area contributed by atoms with E-state index < -0.39 is 0 Å². The van der Waals surface area contributed by atoms with Gasteiger partial charge in [0, 0.05) is 19.0 Å². The van der Waals surface area contributed by atoms with E-state index in [2.05, 4.69) is 15.5 Å². The molecule has 110 valence electrons. The van der Waals surface area contributed by atoms with Crippen LogP contribution in [0.2, 0.25) is 0 Å². The molecular formula is C15H17N3O3. The molecule has 4 rings (SSSR count). The summed E-state index contributed by atoms with van der Waals surface area (Å²) in [5.41, 5.74) is 0. The molecule has 21 heavy (non-hydrogen) atoms. The molecule has 1 aromatic carbocycles. The molecule has 2 aliphatic rings. The predicted molar refractivity (Wildman–Crippen MR) is 74.3 cm³/mol. The van der Waals surface area contributed by atoms with Crippen molar-refractivity contribution in [3.63, 3.8) is 0 Å². The van der Waals surface area contributed by atoms with Crippen molar-refractivity contribution in [3.8, 4) is 11.5 Å². The maximum Gasteiger partial charge on any atom is 0.228 e. The highest BCUT2D eigenvalue weighted by atomic mass is 16.6. The Bertz CT molecular complexity index is 624. The predicted octanol–water partition coefficient (Wildman–Crippen LogP) is 1.88. The van der Waals surface area contributed by atoms with E-state index in [-0.39, 0.29) is 6.10 Å². The van der Waals surface area contributed by atoms with E-state index in [1.165, 1.54) is 12.8 Å². The first-order valence-electron chi connectivity index (χ1n) is 7.33. The zero-order chi connectivity index (χ0) is 14.1. The van der Waals surface area contributed by atoms with Gasteiger partial charge in [-0.15, -0.1) is 0 Å². The quantitative estimate of drug-likeness (QED) is 0.905. The van der Waals surface area contributed by atoms with Crippen LogP contribution in [0.1, 0.15) is 30.7 Å². The highest BCUT2D eigenvalue weighted by Gasteiger charge is 2.27. The Morgan fingerprint density at radius 3 is 2.90 bits per heavy atom. The van der Waals surface area contributed by atoms with Gasteiger partial charge in [-0.3, -0.25) is 0 Å². The van der Waals surface area contributed by atoms with Crippen molar-refractivity contribution in [1.82, 2.24) is 15.5 Å². The zero-order valence-corrected chi connectivity index (χ0v) is 11.6. The maximum atomic E-state index is 5.86. The van der Waals surface area contributed by atoms with Crippen molar-refractivity contribution in [3.05, 3.63) is 36.0 Å². The molecule has 0 spiro atoms. The fourth-order valence-electron chi connectivity index (χ4n) is 2.32. The van der Waals surface area contributed by atoms with Gasteiger partial charge in [-0.05, 0) is 25.0 Å². The normalized spacial score (nSPS) is 20.5. The molecule has 1 aliphatic carbocycles. The minimum Gasteiger partial charge on any atom is -0.485 e. The molecule has 1 aliphatic heterocycles. The van der Waals surface area contributed by atoms with Gasteiger partial charge < -0.3 is 19.3 Å². The highest BCUT2D eigenvalue weighted by molar-refractivity contribution is 5.40. The summed E-state index contributed by atoms with van der Waals surface area (Å²) in [6.07, 6.45) is 2.99. The molecule has 0 amide bonds. The number of ether oxygens (including phenoxy) is 2. The number of nitrogens with zero attached hydrogens (tertiary/aromatic N) is 2. The van der Waals surface area contributed by atoms with Crippen molar-refractivity contribution in [2.24, 2.45) is 0 Å². The van der Waals surface area contributed by atoms with E-state index in [1.54, 1.807) is 0 Å². The fraction of sp³-hybridized carbons (Fsp3) is 0.467. The summed E-state index contributed by atoms with van der Waals surface area (Å²) in [6, 6.07) is 8.29. The zero-order valence-electron chi connectivity index (χ0n) is 11.6. The van der Waals surface area contributed by atoms with Gasteiger partial charge in [-0.2, -0.15) is 4.98 Å². The number of rotatable bonds is 5.